The summed E-state index contributed by atoms with van der Waals surface area (Å²) < 4.78 is 13.1. The standard InChI is InChI=1S/C11H11FN2O/c12-10-4-2-1-3-8(10)5-6-9(15)7-11(13)14/h1-7,15H,(H3,13,14)/b6-5+,9-7?. The van der Waals surface area contributed by atoms with Crippen molar-refractivity contribution in [2.24, 2.45) is 5.73 Å². The molecule has 0 amide bonds. The lowest BCUT2D eigenvalue weighted by Crippen LogP contribution is -2.05. The quantitative estimate of drug-likeness (QED) is 0.307. The van der Waals surface area contributed by atoms with E-state index in [1.807, 2.05) is 0 Å². The molecule has 1 aromatic rings. The average molecular weight is 206 g/mol. The molecule has 0 radical (unpaired) electrons. The first-order valence-corrected chi connectivity index (χ1v) is 4.27. The number of nitrogens with two attached hydrogens (primary N) is 1. The molecule has 78 valence electrons. The van der Waals surface area contributed by atoms with Crippen LogP contribution < -0.4 is 5.73 Å². The lowest BCUT2D eigenvalue weighted by Gasteiger charge is -1.95. The molecule has 0 saturated carbocycles. The van der Waals surface area contributed by atoms with Crippen molar-refractivity contribution >= 4 is 11.9 Å². The van der Waals surface area contributed by atoms with E-state index in [9.17, 15) is 9.50 Å². The number of aliphatic hydroxyl groups excluding tert-OH is 1. The first kappa shape index (κ1) is 11.0. The molecule has 1 aromatic carbocycles. The smallest absolute Gasteiger partial charge is 0.130 e. The summed E-state index contributed by atoms with van der Waals surface area (Å²) in [7, 11) is 0. The van der Waals surface area contributed by atoms with Crippen LogP contribution in [-0.4, -0.2) is 10.9 Å². The van der Waals surface area contributed by atoms with E-state index in [1.165, 1.54) is 18.2 Å². The molecule has 4 N–H and O–H groups in total. The zero-order valence-corrected chi connectivity index (χ0v) is 7.94. The highest BCUT2D eigenvalue weighted by Crippen LogP contribution is 2.09. The van der Waals surface area contributed by atoms with Crippen LogP contribution in [0.4, 0.5) is 4.39 Å². The third-order valence-electron chi connectivity index (χ3n) is 1.64. The Labute approximate surface area is 86.9 Å². The third-order valence-corrected chi connectivity index (χ3v) is 1.64. The second-order valence-corrected chi connectivity index (χ2v) is 2.88. The highest BCUT2D eigenvalue weighted by molar-refractivity contribution is 5.89. The Hall–Kier alpha value is -2.10. The second kappa shape index (κ2) is 4.95. The molecule has 0 bridgehead atoms. The Bertz CT molecular complexity index is 424. The number of hydrogen-bond donors (Lipinski definition) is 3. The number of benzene rings is 1. The van der Waals surface area contributed by atoms with E-state index in [0.29, 0.717) is 5.56 Å². The fourth-order valence-electron chi connectivity index (χ4n) is 0.993. The molecule has 0 spiro atoms. The van der Waals surface area contributed by atoms with Crippen LogP contribution >= 0.6 is 0 Å². The SMILES string of the molecule is N=C(N)C=C(O)/C=C/c1ccccc1F. The van der Waals surface area contributed by atoms with Gasteiger partial charge < -0.3 is 10.8 Å². The van der Waals surface area contributed by atoms with Crippen molar-refractivity contribution < 1.29 is 9.50 Å². The van der Waals surface area contributed by atoms with Crippen LogP contribution in [0.5, 0.6) is 0 Å². The van der Waals surface area contributed by atoms with Crippen LogP contribution in [0.1, 0.15) is 5.56 Å². The summed E-state index contributed by atoms with van der Waals surface area (Å²) >= 11 is 0. The Balaban J connectivity index is 2.83. The van der Waals surface area contributed by atoms with E-state index in [1.54, 1.807) is 18.2 Å². The van der Waals surface area contributed by atoms with Crippen molar-refractivity contribution in [3.05, 3.63) is 53.6 Å². The van der Waals surface area contributed by atoms with E-state index in [0.717, 1.165) is 6.08 Å². The summed E-state index contributed by atoms with van der Waals surface area (Å²) in [5, 5.41) is 16.1. The van der Waals surface area contributed by atoms with Gasteiger partial charge >= 0.3 is 0 Å². The molecule has 0 aliphatic heterocycles. The largest absolute Gasteiger partial charge is 0.508 e. The average Bonchev–Trinajstić information content (AvgIpc) is 2.15. The van der Waals surface area contributed by atoms with Gasteiger partial charge in [0.05, 0.1) is 0 Å². The Morgan fingerprint density at radius 2 is 2.07 bits per heavy atom. The number of hydrogen-bond acceptors (Lipinski definition) is 2. The van der Waals surface area contributed by atoms with Crippen LogP contribution in [0.3, 0.4) is 0 Å². The zero-order chi connectivity index (χ0) is 11.3. The van der Waals surface area contributed by atoms with Gasteiger partial charge in [-0.05, 0) is 18.2 Å². The number of nitrogens with one attached hydrogen (secondary N) is 1. The van der Waals surface area contributed by atoms with E-state index in [-0.39, 0.29) is 17.4 Å². The van der Waals surface area contributed by atoms with Crippen molar-refractivity contribution in [1.82, 2.24) is 0 Å². The van der Waals surface area contributed by atoms with Gasteiger partial charge in [0.2, 0.25) is 0 Å². The minimum atomic E-state index is -0.371. The molecule has 0 aliphatic carbocycles. The van der Waals surface area contributed by atoms with Gasteiger partial charge in [0.1, 0.15) is 17.4 Å². The molecule has 0 atom stereocenters. The van der Waals surface area contributed by atoms with Crippen LogP contribution in [-0.2, 0) is 0 Å². The third kappa shape index (κ3) is 3.64. The number of amidine groups is 1. The van der Waals surface area contributed by atoms with Gasteiger partial charge in [-0.2, -0.15) is 0 Å². The fourth-order valence-corrected chi connectivity index (χ4v) is 0.993. The normalized spacial score (nSPS) is 11.9. The predicted molar refractivity (Wildman–Crippen MR) is 58.1 cm³/mol. The minimum absolute atomic E-state index is 0.189. The Morgan fingerprint density at radius 1 is 1.40 bits per heavy atom. The summed E-state index contributed by atoms with van der Waals surface area (Å²) in [5.74, 6) is -0.819. The summed E-state index contributed by atoms with van der Waals surface area (Å²) in [6.07, 6.45) is 3.75. The molecular formula is C11H11FN2O. The maximum Gasteiger partial charge on any atom is 0.130 e. The Morgan fingerprint density at radius 3 is 2.67 bits per heavy atom. The molecule has 4 heteroatoms. The van der Waals surface area contributed by atoms with Crippen LogP contribution in [0.2, 0.25) is 0 Å². The van der Waals surface area contributed by atoms with Crippen molar-refractivity contribution in [2.75, 3.05) is 0 Å². The van der Waals surface area contributed by atoms with E-state index in [2.05, 4.69) is 0 Å². The van der Waals surface area contributed by atoms with E-state index >= 15 is 0 Å². The highest BCUT2D eigenvalue weighted by atomic mass is 19.1. The monoisotopic (exact) mass is 206 g/mol. The van der Waals surface area contributed by atoms with Crippen molar-refractivity contribution in [2.45, 2.75) is 0 Å². The maximum atomic E-state index is 13.1. The maximum absolute atomic E-state index is 13.1. The molecular weight excluding hydrogens is 195 g/mol. The predicted octanol–water partition coefficient (Wildman–Crippen LogP) is 2.22. The lowest BCUT2D eigenvalue weighted by atomic mass is 10.2. The molecule has 15 heavy (non-hydrogen) atoms. The highest BCUT2D eigenvalue weighted by Gasteiger charge is 1.95. The van der Waals surface area contributed by atoms with Gasteiger partial charge in [-0.15, -0.1) is 0 Å². The summed E-state index contributed by atoms with van der Waals surface area (Å²) in [5.41, 5.74) is 5.39. The van der Waals surface area contributed by atoms with Gasteiger partial charge in [-0.3, -0.25) is 5.41 Å². The van der Waals surface area contributed by atoms with Crippen molar-refractivity contribution in [1.29, 1.82) is 5.41 Å². The van der Waals surface area contributed by atoms with Gasteiger partial charge in [0.15, 0.2) is 0 Å². The molecule has 0 fully saturated rings. The van der Waals surface area contributed by atoms with Crippen LogP contribution in [0.15, 0.2) is 42.2 Å². The summed E-state index contributed by atoms with van der Waals surface area (Å²) in [6.45, 7) is 0. The number of rotatable bonds is 3. The van der Waals surface area contributed by atoms with Crippen molar-refractivity contribution in [3.63, 3.8) is 0 Å². The summed E-state index contributed by atoms with van der Waals surface area (Å²) in [4.78, 5) is 0. The molecule has 0 unspecified atom stereocenters. The molecule has 3 nitrogen and oxygen atoms in total. The first-order chi connectivity index (χ1) is 7.09. The second-order valence-electron chi connectivity index (χ2n) is 2.88. The van der Waals surface area contributed by atoms with Crippen LogP contribution in [0, 0.1) is 11.2 Å². The minimum Gasteiger partial charge on any atom is -0.508 e. The van der Waals surface area contributed by atoms with E-state index in [4.69, 9.17) is 11.1 Å². The topological polar surface area (TPSA) is 70.1 Å². The zero-order valence-electron chi connectivity index (χ0n) is 7.94. The number of allylic oxidation sites excluding steroid dienone is 1. The van der Waals surface area contributed by atoms with Crippen LogP contribution in [0.25, 0.3) is 6.08 Å². The lowest BCUT2D eigenvalue weighted by molar-refractivity contribution is 0.434. The van der Waals surface area contributed by atoms with Gasteiger partial charge in [0, 0.05) is 11.6 Å². The summed E-state index contributed by atoms with van der Waals surface area (Å²) in [6, 6.07) is 6.17. The van der Waals surface area contributed by atoms with E-state index < -0.39 is 0 Å². The number of halogens is 1. The molecule has 0 heterocycles. The van der Waals surface area contributed by atoms with Gasteiger partial charge in [-0.25, -0.2) is 4.39 Å². The number of aliphatic hydroxyl groups is 1. The molecule has 0 aromatic heterocycles. The first-order valence-electron chi connectivity index (χ1n) is 4.27. The molecule has 1 rings (SSSR count). The van der Waals surface area contributed by atoms with Crippen molar-refractivity contribution in [3.8, 4) is 0 Å². The molecule has 0 saturated heterocycles. The van der Waals surface area contributed by atoms with Gasteiger partial charge in [-0.1, -0.05) is 18.2 Å². The fraction of sp³-hybridized carbons (Fsp3) is 0. The Kier molecular flexibility index (Phi) is 3.62. The molecule has 0 aliphatic rings. The van der Waals surface area contributed by atoms with Gasteiger partial charge in [0.25, 0.3) is 0 Å².